The number of likely N-dealkylation sites (N-methyl/N-ethyl adjacent to an activating group) is 1. The molecule has 2 aromatic rings. The fourth-order valence-corrected chi connectivity index (χ4v) is 3.94. The van der Waals surface area contributed by atoms with E-state index in [4.69, 9.17) is 17.3 Å². The van der Waals surface area contributed by atoms with Crippen molar-refractivity contribution in [2.24, 2.45) is 5.73 Å². The first kappa shape index (κ1) is 13.7. The van der Waals surface area contributed by atoms with Gasteiger partial charge in [-0.25, -0.2) is 0 Å². The van der Waals surface area contributed by atoms with E-state index in [0.717, 1.165) is 17.4 Å². The summed E-state index contributed by atoms with van der Waals surface area (Å²) in [5.41, 5.74) is 8.56. The Hall–Kier alpha value is -1.23. The average molecular weight is 308 g/mol. The van der Waals surface area contributed by atoms with Gasteiger partial charge in [0.15, 0.2) is 0 Å². The summed E-state index contributed by atoms with van der Waals surface area (Å²) >= 11 is 7.69. The van der Waals surface area contributed by atoms with Gasteiger partial charge in [-0.3, -0.25) is 0 Å². The molecular formula is C15H18ClN3S. The predicted molar refractivity (Wildman–Crippen MR) is 88.2 cm³/mol. The van der Waals surface area contributed by atoms with Crippen molar-refractivity contribution in [3.63, 3.8) is 0 Å². The Balaban J connectivity index is 1.99. The van der Waals surface area contributed by atoms with Crippen LogP contribution in [-0.2, 0) is 0 Å². The number of benzene rings is 1. The standard InChI is InChI=1S/C15H18ClN3S/c1-18-8-9-19(12-5-3-2-4-11(12)18)13(10-17)14-6-7-15(16)20-14/h2-7,13H,8-10,17H2,1H3. The minimum atomic E-state index is 0.197. The molecule has 0 radical (unpaired) electrons. The lowest BCUT2D eigenvalue weighted by Gasteiger charge is -2.41. The lowest BCUT2D eigenvalue weighted by molar-refractivity contribution is 0.618. The van der Waals surface area contributed by atoms with Gasteiger partial charge in [0.2, 0.25) is 0 Å². The molecule has 5 heteroatoms. The van der Waals surface area contributed by atoms with E-state index in [9.17, 15) is 0 Å². The summed E-state index contributed by atoms with van der Waals surface area (Å²) < 4.78 is 0.820. The van der Waals surface area contributed by atoms with E-state index in [0.29, 0.717) is 6.54 Å². The summed E-state index contributed by atoms with van der Waals surface area (Å²) in [7, 11) is 2.13. The summed E-state index contributed by atoms with van der Waals surface area (Å²) in [6, 6.07) is 12.7. The van der Waals surface area contributed by atoms with E-state index in [-0.39, 0.29) is 6.04 Å². The van der Waals surface area contributed by atoms with Crippen LogP contribution in [-0.4, -0.2) is 26.7 Å². The Morgan fingerprint density at radius 1 is 1.20 bits per heavy atom. The van der Waals surface area contributed by atoms with Gasteiger partial charge in [0.1, 0.15) is 0 Å². The third kappa shape index (κ3) is 2.39. The quantitative estimate of drug-likeness (QED) is 0.944. The second-order valence-corrected chi connectivity index (χ2v) is 6.74. The van der Waals surface area contributed by atoms with Gasteiger partial charge in [0.05, 0.1) is 21.8 Å². The number of hydrogen-bond acceptors (Lipinski definition) is 4. The van der Waals surface area contributed by atoms with E-state index in [1.54, 1.807) is 11.3 Å². The molecule has 1 aromatic heterocycles. The predicted octanol–water partition coefficient (Wildman–Crippen LogP) is 3.36. The number of hydrogen-bond donors (Lipinski definition) is 1. The highest BCUT2D eigenvalue weighted by atomic mass is 35.5. The van der Waals surface area contributed by atoms with Gasteiger partial charge in [-0.1, -0.05) is 23.7 Å². The summed E-state index contributed by atoms with van der Waals surface area (Å²) in [6.07, 6.45) is 0. The molecule has 2 heterocycles. The first-order valence-electron chi connectivity index (χ1n) is 6.73. The number of nitrogens with two attached hydrogens (primary N) is 1. The molecule has 0 saturated carbocycles. The molecule has 3 nitrogen and oxygen atoms in total. The van der Waals surface area contributed by atoms with E-state index < -0.39 is 0 Å². The van der Waals surface area contributed by atoms with Crippen LogP contribution in [0.2, 0.25) is 4.34 Å². The number of para-hydroxylation sites is 2. The van der Waals surface area contributed by atoms with Gasteiger partial charge < -0.3 is 15.5 Å². The van der Waals surface area contributed by atoms with Crippen molar-refractivity contribution < 1.29 is 0 Å². The second-order valence-electron chi connectivity index (χ2n) is 5.00. The third-order valence-corrected chi connectivity index (χ3v) is 5.13. The van der Waals surface area contributed by atoms with Crippen molar-refractivity contribution in [2.75, 3.05) is 36.5 Å². The van der Waals surface area contributed by atoms with E-state index in [1.165, 1.54) is 16.3 Å². The molecule has 1 atom stereocenters. The van der Waals surface area contributed by atoms with E-state index in [2.05, 4.69) is 47.2 Å². The Morgan fingerprint density at radius 3 is 2.60 bits per heavy atom. The molecule has 0 saturated heterocycles. The molecule has 2 N–H and O–H groups in total. The van der Waals surface area contributed by atoms with Crippen molar-refractivity contribution in [1.29, 1.82) is 0 Å². The Bertz CT molecular complexity index is 598. The molecule has 1 aromatic carbocycles. The highest BCUT2D eigenvalue weighted by molar-refractivity contribution is 7.16. The monoisotopic (exact) mass is 307 g/mol. The maximum absolute atomic E-state index is 6.07. The number of nitrogens with zero attached hydrogens (tertiary/aromatic N) is 2. The van der Waals surface area contributed by atoms with Crippen LogP contribution in [0, 0.1) is 0 Å². The molecule has 1 aliphatic rings. The van der Waals surface area contributed by atoms with Gasteiger partial charge in [-0.05, 0) is 24.3 Å². The topological polar surface area (TPSA) is 32.5 Å². The van der Waals surface area contributed by atoms with Gasteiger partial charge in [0.25, 0.3) is 0 Å². The van der Waals surface area contributed by atoms with Crippen molar-refractivity contribution in [2.45, 2.75) is 6.04 Å². The Kier molecular flexibility index (Phi) is 3.87. The normalized spacial score (nSPS) is 16.1. The SMILES string of the molecule is CN1CCN(C(CN)c2ccc(Cl)s2)c2ccccc21. The zero-order chi connectivity index (χ0) is 14.1. The van der Waals surface area contributed by atoms with Crippen LogP contribution in [0.5, 0.6) is 0 Å². The summed E-state index contributed by atoms with van der Waals surface area (Å²) in [5, 5.41) is 0. The van der Waals surface area contributed by atoms with Crippen molar-refractivity contribution in [3.8, 4) is 0 Å². The molecule has 0 bridgehead atoms. The highest BCUT2D eigenvalue weighted by Gasteiger charge is 2.27. The zero-order valence-corrected chi connectivity index (χ0v) is 13.0. The number of halogens is 1. The average Bonchev–Trinajstić information content (AvgIpc) is 2.89. The maximum Gasteiger partial charge on any atom is 0.0932 e. The zero-order valence-electron chi connectivity index (χ0n) is 11.4. The molecule has 0 fully saturated rings. The van der Waals surface area contributed by atoms with Gasteiger partial charge >= 0.3 is 0 Å². The molecule has 0 aliphatic carbocycles. The fourth-order valence-electron chi connectivity index (χ4n) is 2.76. The first-order chi connectivity index (χ1) is 9.70. The largest absolute Gasteiger partial charge is 0.371 e. The second kappa shape index (κ2) is 5.64. The molecule has 106 valence electrons. The molecule has 0 spiro atoms. The molecule has 1 unspecified atom stereocenters. The van der Waals surface area contributed by atoms with Crippen molar-refractivity contribution >= 4 is 34.3 Å². The van der Waals surface area contributed by atoms with Crippen molar-refractivity contribution in [1.82, 2.24) is 0 Å². The maximum atomic E-state index is 6.07. The molecule has 3 rings (SSSR count). The van der Waals surface area contributed by atoms with E-state index in [1.807, 2.05) is 6.07 Å². The number of rotatable bonds is 3. The van der Waals surface area contributed by atoms with Gasteiger partial charge in [0, 0.05) is 31.6 Å². The molecular weight excluding hydrogens is 290 g/mol. The molecule has 20 heavy (non-hydrogen) atoms. The van der Waals surface area contributed by atoms with Crippen LogP contribution < -0.4 is 15.5 Å². The minimum Gasteiger partial charge on any atom is -0.371 e. The third-order valence-electron chi connectivity index (χ3n) is 3.80. The summed E-state index contributed by atoms with van der Waals surface area (Å²) in [4.78, 5) is 5.93. The van der Waals surface area contributed by atoms with Crippen LogP contribution >= 0.6 is 22.9 Å². The van der Waals surface area contributed by atoms with Crippen molar-refractivity contribution in [3.05, 3.63) is 45.6 Å². The highest BCUT2D eigenvalue weighted by Crippen LogP contribution is 2.39. The number of fused-ring (bicyclic) bond motifs is 1. The van der Waals surface area contributed by atoms with Crippen LogP contribution in [0.1, 0.15) is 10.9 Å². The number of anilines is 2. The van der Waals surface area contributed by atoms with Crippen LogP contribution in [0.4, 0.5) is 11.4 Å². The van der Waals surface area contributed by atoms with Crippen LogP contribution in [0.3, 0.4) is 0 Å². The number of thiophene rings is 1. The summed E-state index contributed by atoms with van der Waals surface area (Å²) in [6.45, 7) is 2.58. The van der Waals surface area contributed by atoms with E-state index >= 15 is 0 Å². The first-order valence-corrected chi connectivity index (χ1v) is 7.92. The van der Waals surface area contributed by atoms with Crippen LogP contribution in [0.25, 0.3) is 0 Å². The lowest BCUT2D eigenvalue weighted by Crippen LogP contribution is -2.43. The molecule has 1 aliphatic heterocycles. The Morgan fingerprint density at radius 2 is 1.95 bits per heavy atom. The van der Waals surface area contributed by atoms with Gasteiger partial charge in [-0.2, -0.15) is 0 Å². The van der Waals surface area contributed by atoms with Crippen LogP contribution in [0.15, 0.2) is 36.4 Å². The fraction of sp³-hybridized carbons (Fsp3) is 0.333. The lowest BCUT2D eigenvalue weighted by atomic mass is 10.1. The van der Waals surface area contributed by atoms with Gasteiger partial charge in [-0.15, -0.1) is 11.3 Å². The minimum absolute atomic E-state index is 0.197. The molecule has 0 amide bonds. The Labute approximate surface area is 128 Å². The smallest absolute Gasteiger partial charge is 0.0932 e. The summed E-state index contributed by atoms with van der Waals surface area (Å²) in [5.74, 6) is 0.